The van der Waals surface area contributed by atoms with Gasteiger partial charge in [0.05, 0.1) is 12.8 Å². The van der Waals surface area contributed by atoms with Crippen molar-refractivity contribution < 1.29 is 4.74 Å². The van der Waals surface area contributed by atoms with E-state index < -0.39 is 0 Å². The number of nitrogens with one attached hydrogen (secondary N) is 1. The molecule has 3 aromatic rings. The summed E-state index contributed by atoms with van der Waals surface area (Å²) in [5, 5.41) is 7.76. The molecule has 2 nitrogen and oxygen atoms in total. The van der Waals surface area contributed by atoms with Crippen molar-refractivity contribution in [2.45, 2.75) is 6.54 Å². The zero-order valence-electron chi connectivity index (χ0n) is 11.4. The molecule has 108 valence electrons. The standard InChI is InChI=1S/C16H14BrNOS2/c1-19-15-5-4-12(17)8-14(15)18-9-13-7-11(10-21-13)16-3-2-6-20-16/h2-8,10,18H,9H2,1H3. The largest absolute Gasteiger partial charge is 0.495 e. The van der Waals surface area contributed by atoms with Gasteiger partial charge in [0.1, 0.15) is 5.75 Å². The zero-order valence-corrected chi connectivity index (χ0v) is 14.6. The number of benzene rings is 1. The molecule has 0 saturated heterocycles. The topological polar surface area (TPSA) is 21.3 Å². The van der Waals surface area contributed by atoms with Crippen molar-refractivity contribution in [3.63, 3.8) is 0 Å². The second-order valence-corrected chi connectivity index (χ2v) is 7.34. The molecule has 1 N–H and O–H groups in total. The summed E-state index contributed by atoms with van der Waals surface area (Å²) in [6.07, 6.45) is 0. The number of methoxy groups -OCH3 is 1. The lowest BCUT2D eigenvalue weighted by molar-refractivity contribution is 0.416. The van der Waals surface area contributed by atoms with Gasteiger partial charge >= 0.3 is 0 Å². The second kappa shape index (κ2) is 6.64. The van der Waals surface area contributed by atoms with Crippen molar-refractivity contribution in [1.29, 1.82) is 0 Å². The minimum atomic E-state index is 0.794. The highest BCUT2D eigenvalue weighted by atomic mass is 79.9. The van der Waals surface area contributed by atoms with Crippen LogP contribution in [0.3, 0.4) is 0 Å². The predicted octanol–water partition coefficient (Wildman–Crippen LogP) is 5.86. The quantitative estimate of drug-likeness (QED) is 0.599. The molecular weight excluding hydrogens is 366 g/mol. The summed E-state index contributed by atoms with van der Waals surface area (Å²) in [6.45, 7) is 0.794. The Balaban J connectivity index is 1.72. The molecule has 0 aliphatic rings. The summed E-state index contributed by atoms with van der Waals surface area (Å²) in [7, 11) is 1.69. The van der Waals surface area contributed by atoms with Gasteiger partial charge in [0, 0.05) is 26.3 Å². The normalized spacial score (nSPS) is 10.6. The third kappa shape index (κ3) is 3.48. The first-order valence-corrected chi connectivity index (χ1v) is 9.00. The molecule has 0 bridgehead atoms. The molecule has 21 heavy (non-hydrogen) atoms. The van der Waals surface area contributed by atoms with Crippen molar-refractivity contribution >= 4 is 44.3 Å². The van der Waals surface area contributed by atoms with Crippen LogP contribution in [0.2, 0.25) is 0 Å². The van der Waals surface area contributed by atoms with Crippen LogP contribution in [-0.4, -0.2) is 7.11 Å². The van der Waals surface area contributed by atoms with Crippen LogP contribution < -0.4 is 10.1 Å². The van der Waals surface area contributed by atoms with E-state index in [0.29, 0.717) is 0 Å². The van der Waals surface area contributed by atoms with Gasteiger partial charge in [0.15, 0.2) is 0 Å². The van der Waals surface area contributed by atoms with Gasteiger partial charge in [-0.05, 0) is 41.1 Å². The van der Waals surface area contributed by atoms with Gasteiger partial charge in [-0.3, -0.25) is 0 Å². The van der Waals surface area contributed by atoms with E-state index in [-0.39, 0.29) is 0 Å². The van der Waals surface area contributed by atoms with Gasteiger partial charge in [-0.15, -0.1) is 22.7 Å². The van der Waals surface area contributed by atoms with Gasteiger partial charge in [0.25, 0.3) is 0 Å². The van der Waals surface area contributed by atoms with Crippen LogP contribution in [-0.2, 0) is 6.54 Å². The van der Waals surface area contributed by atoms with E-state index >= 15 is 0 Å². The first-order chi connectivity index (χ1) is 10.3. The van der Waals surface area contributed by atoms with Crippen LogP contribution in [0.15, 0.2) is 51.6 Å². The molecule has 2 heterocycles. The number of rotatable bonds is 5. The molecule has 0 atom stereocenters. The number of hydrogen-bond donors (Lipinski definition) is 1. The molecule has 5 heteroatoms. The van der Waals surface area contributed by atoms with Gasteiger partial charge in [-0.2, -0.15) is 0 Å². The Morgan fingerprint density at radius 2 is 2.10 bits per heavy atom. The molecule has 0 amide bonds. The van der Waals surface area contributed by atoms with Gasteiger partial charge in [-0.1, -0.05) is 22.0 Å². The van der Waals surface area contributed by atoms with Gasteiger partial charge in [-0.25, -0.2) is 0 Å². The average molecular weight is 380 g/mol. The molecular formula is C16H14BrNOS2. The minimum Gasteiger partial charge on any atom is -0.495 e. The lowest BCUT2D eigenvalue weighted by Crippen LogP contribution is -1.99. The molecule has 0 fully saturated rings. The highest BCUT2D eigenvalue weighted by Gasteiger charge is 2.06. The van der Waals surface area contributed by atoms with Crippen LogP contribution in [0.5, 0.6) is 5.75 Å². The Morgan fingerprint density at radius 3 is 2.86 bits per heavy atom. The Bertz CT molecular complexity index is 722. The fourth-order valence-corrected chi connectivity index (χ4v) is 4.02. The highest BCUT2D eigenvalue weighted by Crippen LogP contribution is 2.31. The SMILES string of the molecule is COc1ccc(Br)cc1NCc1cc(-c2cccs2)cs1. The summed E-state index contributed by atoms with van der Waals surface area (Å²) in [5.41, 5.74) is 2.30. The van der Waals surface area contributed by atoms with E-state index in [9.17, 15) is 0 Å². The maximum absolute atomic E-state index is 5.37. The summed E-state index contributed by atoms with van der Waals surface area (Å²) in [6, 6.07) is 12.5. The Labute approximate surface area is 140 Å². The van der Waals surface area contributed by atoms with Gasteiger partial charge < -0.3 is 10.1 Å². The molecule has 0 aliphatic carbocycles. The molecule has 3 rings (SSSR count). The number of hydrogen-bond acceptors (Lipinski definition) is 4. The van der Waals surface area contributed by atoms with E-state index in [2.05, 4.69) is 50.2 Å². The van der Waals surface area contributed by atoms with E-state index in [4.69, 9.17) is 4.74 Å². The lowest BCUT2D eigenvalue weighted by atomic mass is 10.2. The van der Waals surface area contributed by atoms with Crippen molar-refractivity contribution in [3.8, 4) is 16.2 Å². The lowest BCUT2D eigenvalue weighted by Gasteiger charge is -2.10. The van der Waals surface area contributed by atoms with Crippen LogP contribution in [0, 0.1) is 0 Å². The van der Waals surface area contributed by atoms with Crippen LogP contribution in [0.4, 0.5) is 5.69 Å². The Hall–Kier alpha value is -1.30. The number of anilines is 1. The smallest absolute Gasteiger partial charge is 0.142 e. The van der Waals surface area contributed by atoms with E-state index in [1.807, 2.05) is 18.2 Å². The van der Waals surface area contributed by atoms with Crippen LogP contribution in [0.1, 0.15) is 4.88 Å². The van der Waals surface area contributed by atoms with Crippen molar-refractivity contribution in [3.05, 3.63) is 56.5 Å². The number of thiophene rings is 2. The minimum absolute atomic E-state index is 0.794. The Kier molecular flexibility index (Phi) is 4.63. The van der Waals surface area contributed by atoms with E-state index in [1.165, 1.54) is 15.3 Å². The summed E-state index contributed by atoms with van der Waals surface area (Å²) < 4.78 is 6.41. The zero-order chi connectivity index (χ0) is 14.7. The van der Waals surface area contributed by atoms with E-state index in [1.54, 1.807) is 29.8 Å². The maximum atomic E-state index is 5.37. The van der Waals surface area contributed by atoms with E-state index in [0.717, 1.165) is 22.5 Å². The fraction of sp³-hybridized carbons (Fsp3) is 0.125. The van der Waals surface area contributed by atoms with Gasteiger partial charge in [0.2, 0.25) is 0 Å². The highest BCUT2D eigenvalue weighted by molar-refractivity contribution is 9.10. The van der Waals surface area contributed by atoms with Crippen molar-refractivity contribution in [2.75, 3.05) is 12.4 Å². The fourth-order valence-electron chi connectivity index (χ4n) is 2.05. The molecule has 0 unspecified atom stereocenters. The van der Waals surface area contributed by atoms with Crippen molar-refractivity contribution in [1.82, 2.24) is 0 Å². The third-order valence-electron chi connectivity index (χ3n) is 3.07. The maximum Gasteiger partial charge on any atom is 0.142 e. The molecule has 0 aliphatic heterocycles. The molecule has 2 aromatic heterocycles. The second-order valence-electron chi connectivity index (χ2n) is 4.48. The number of ether oxygens (including phenoxy) is 1. The molecule has 1 aromatic carbocycles. The third-order valence-corrected chi connectivity index (χ3v) is 5.42. The first kappa shape index (κ1) is 14.6. The predicted molar refractivity (Wildman–Crippen MR) is 95.7 cm³/mol. The molecule has 0 spiro atoms. The van der Waals surface area contributed by atoms with Crippen LogP contribution >= 0.6 is 38.6 Å². The first-order valence-electron chi connectivity index (χ1n) is 6.45. The van der Waals surface area contributed by atoms with Crippen molar-refractivity contribution in [2.24, 2.45) is 0 Å². The summed E-state index contributed by atoms with van der Waals surface area (Å²) in [5.74, 6) is 0.855. The molecule has 0 saturated carbocycles. The Morgan fingerprint density at radius 1 is 1.19 bits per heavy atom. The number of halogens is 1. The summed E-state index contributed by atoms with van der Waals surface area (Å²) >= 11 is 7.04. The average Bonchev–Trinajstić information content (AvgIpc) is 3.16. The molecule has 0 radical (unpaired) electrons. The monoisotopic (exact) mass is 379 g/mol. The summed E-state index contributed by atoms with van der Waals surface area (Å²) in [4.78, 5) is 2.62. The van der Waals surface area contributed by atoms with Crippen LogP contribution in [0.25, 0.3) is 10.4 Å².